The molecule has 0 spiro atoms. The van der Waals surface area contributed by atoms with E-state index < -0.39 is 17.4 Å². The molecule has 1 atom stereocenters. The standard InChI is InChI=1S/C24H32N6O4/c1-4-14-34-17-19(31)16-30-20-21(26(2)24(33)27(3)22(20)32)25-23(30)29-12-10-28(11-13-29)15-18-8-6-5-7-9-18/h4-9,19,31H,1,10-17H2,2-3H3. The lowest BCUT2D eigenvalue weighted by atomic mass is 10.2. The molecule has 182 valence electrons. The molecule has 34 heavy (non-hydrogen) atoms. The predicted molar refractivity (Wildman–Crippen MR) is 131 cm³/mol. The van der Waals surface area contributed by atoms with Crippen LogP contribution in [0.4, 0.5) is 5.95 Å². The molecule has 1 aliphatic rings. The third kappa shape index (κ3) is 4.84. The lowest BCUT2D eigenvalue weighted by Crippen LogP contribution is -2.47. The first-order chi connectivity index (χ1) is 16.4. The quantitative estimate of drug-likeness (QED) is 0.357. The maximum Gasteiger partial charge on any atom is 0.332 e. The predicted octanol–water partition coefficient (Wildman–Crippen LogP) is 0.319. The summed E-state index contributed by atoms with van der Waals surface area (Å²) in [7, 11) is 3.06. The Morgan fingerprint density at radius 2 is 1.82 bits per heavy atom. The van der Waals surface area contributed by atoms with Gasteiger partial charge in [-0.2, -0.15) is 4.98 Å². The van der Waals surface area contributed by atoms with E-state index in [1.807, 2.05) is 18.2 Å². The van der Waals surface area contributed by atoms with Crippen LogP contribution in [0.5, 0.6) is 0 Å². The van der Waals surface area contributed by atoms with Gasteiger partial charge < -0.3 is 19.3 Å². The van der Waals surface area contributed by atoms with Crippen molar-refractivity contribution in [3.8, 4) is 0 Å². The first kappa shape index (κ1) is 23.9. The van der Waals surface area contributed by atoms with Crippen LogP contribution in [0.1, 0.15) is 5.56 Å². The van der Waals surface area contributed by atoms with E-state index in [0.29, 0.717) is 36.8 Å². The van der Waals surface area contributed by atoms with Crippen LogP contribution in [0.2, 0.25) is 0 Å². The number of hydrogen-bond donors (Lipinski definition) is 1. The van der Waals surface area contributed by atoms with Crippen molar-refractivity contribution in [3.63, 3.8) is 0 Å². The zero-order valence-corrected chi connectivity index (χ0v) is 19.8. The number of hydrogen-bond acceptors (Lipinski definition) is 7. The molecule has 1 N–H and O–H groups in total. The second-order valence-electron chi connectivity index (χ2n) is 8.63. The van der Waals surface area contributed by atoms with Gasteiger partial charge in [0.05, 0.1) is 25.9 Å². The van der Waals surface area contributed by atoms with Gasteiger partial charge >= 0.3 is 5.69 Å². The Hall–Kier alpha value is -3.21. The summed E-state index contributed by atoms with van der Waals surface area (Å²) in [6.45, 7) is 8.14. The highest BCUT2D eigenvalue weighted by atomic mass is 16.5. The van der Waals surface area contributed by atoms with E-state index in [1.54, 1.807) is 17.7 Å². The number of anilines is 1. The molecule has 2 aromatic heterocycles. The molecule has 1 unspecified atom stereocenters. The smallest absolute Gasteiger partial charge is 0.332 e. The molecule has 10 nitrogen and oxygen atoms in total. The highest BCUT2D eigenvalue weighted by Gasteiger charge is 2.26. The second kappa shape index (κ2) is 10.4. The maximum atomic E-state index is 13.1. The molecule has 3 heterocycles. The van der Waals surface area contributed by atoms with Crippen molar-refractivity contribution in [2.45, 2.75) is 19.2 Å². The van der Waals surface area contributed by atoms with Crippen molar-refractivity contribution in [1.29, 1.82) is 0 Å². The molecule has 0 bridgehead atoms. The zero-order chi connectivity index (χ0) is 24.2. The Bertz CT molecular complexity index is 1250. The van der Waals surface area contributed by atoms with Gasteiger partial charge in [0.1, 0.15) is 0 Å². The van der Waals surface area contributed by atoms with E-state index >= 15 is 0 Å². The molecular weight excluding hydrogens is 436 g/mol. The Balaban J connectivity index is 1.63. The minimum atomic E-state index is -0.850. The van der Waals surface area contributed by atoms with Gasteiger partial charge in [0.15, 0.2) is 11.2 Å². The monoisotopic (exact) mass is 468 g/mol. The van der Waals surface area contributed by atoms with Gasteiger partial charge in [0.2, 0.25) is 5.95 Å². The van der Waals surface area contributed by atoms with Gasteiger partial charge in [0, 0.05) is 46.8 Å². The number of benzene rings is 1. The molecule has 4 rings (SSSR count). The van der Waals surface area contributed by atoms with Crippen LogP contribution in [-0.4, -0.2) is 74.2 Å². The maximum absolute atomic E-state index is 13.1. The van der Waals surface area contributed by atoms with Crippen LogP contribution >= 0.6 is 0 Å². The number of aliphatic hydroxyl groups excluding tert-OH is 1. The van der Waals surface area contributed by atoms with Gasteiger partial charge in [0.25, 0.3) is 5.56 Å². The molecular formula is C24H32N6O4. The molecule has 10 heteroatoms. The van der Waals surface area contributed by atoms with E-state index in [0.717, 1.165) is 24.2 Å². The van der Waals surface area contributed by atoms with Crippen LogP contribution in [-0.2, 0) is 31.9 Å². The normalized spacial score (nSPS) is 15.7. The van der Waals surface area contributed by atoms with E-state index in [2.05, 4.69) is 28.5 Å². The Labute approximate surface area is 197 Å². The Kier molecular flexibility index (Phi) is 7.30. The van der Waals surface area contributed by atoms with Gasteiger partial charge in [-0.3, -0.25) is 18.8 Å². The highest BCUT2D eigenvalue weighted by Crippen LogP contribution is 2.22. The molecule has 0 aliphatic carbocycles. The topological polar surface area (TPSA) is 97.8 Å². The van der Waals surface area contributed by atoms with Gasteiger partial charge in [-0.25, -0.2) is 4.79 Å². The Morgan fingerprint density at radius 1 is 1.12 bits per heavy atom. The van der Waals surface area contributed by atoms with Crippen molar-refractivity contribution in [1.82, 2.24) is 23.6 Å². The van der Waals surface area contributed by atoms with Gasteiger partial charge in [-0.1, -0.05) is 36.4 Å². The summed E-state index contributed by atoms with van der Waals surface area (Å²) in [5.41, 5.74) is 1.02. The van der Waals surface area contributed by atoms with Crippen molar-refractivity contribution in [3.05, 3.63) is 69.4 Å². The lowest BCUT2D eigenvalue weighted by molar-refractivity contribution is 0.0403. The zero-order valence-electron chi connectivity index (χ0n) is 19.8. The fraction of sp³-hybridized carbons (Fsp3) is 0.458. The molecule has 1 saturated heterocycles. The number of ether oxygens (including phenoxy) is 1. The molecule has 0 radical (unpaired) electrons. The summed E-state index contributed by atoms with van der Waals surface area (Å²) in [6.07, 6.45) is 0.767. The van der Waals surface area contributed by atoms with E-state index in [1.165, 1.54) is 17.2 Å². The average molecular weight is 469 g/mol. The summed E-state index contributed by atoms with van der Waals surface area (Å²) in [5, 5.41) is 10.6. The molecule has 0 saturated carbocycles. The number of piperazine rings is 1. The fourth-order valence-electron chi connectivity index (χ4n) is 4.35. The lowest BCUT2D eigenvalue weighted by Gasteiger charge is -2.35. The Morgan fingerprint density at radius 3 is 2.50 bits per heavy atom. The molecule has 1 aliphatic heterocycles. The van der Waals surface area contributed by atoms with Crippen LogP contribution in [0.15, 0.2) is 52.6 Å². The number of imidazole rings is 1. The number of rotatable bonds is 9. The number of aryl methyl sites for hydroxylation is 1. The number of aromatic nitrogens is 4. The van der Waals surface area contributed by atoms with Gasteiger partial charge in [-0.05, 0) is 5.56 Å². The number of nitrogens with zero attached hydrogens (tertiary/aromatic N) is 6. The number of aliphatic hydroxyl groups is 1. The summed E-state index contributed by atoms with van der Waals surface area (Å²) < 4.78 is 9.58. The molecule has 3 aromatic rings. The van der Waals surface area contributed by atoms with Crippen molar-refractivity contribution < 1.29 is 9.84 Å². The minimum Gasteiger partial charge on any atom is -0.389 e. The van der Waals surface area contributed by atoms with E-state index in [4.69, 9.17) is 9.72 Å². The third-order valence-electron chi connectivity index (χ3n) is 6.17. The fourth-order valence-corrected chi connectivity index (χ4v) is 4.35. The largest absolute Gasteiger partial charge is 0.389 e. The van der Waals surface area contributed by atoms with Crippen molar-refractivity contribution in [2.75, 3.05) is 44.3 Å². The summed E-state index contributed by atoms with van der Waals surface area (Å²) in [4.78, 5) is 34.7. The van der Waals surface area contributed by atoms with Crippen molar-refractivity contribution in [2.24, 2.45) is 14.1 Å². The van der Waals surface area contributed by atoms with Crippen LogP contribution in [0.25, 0.3) is 11.2 Å². The van der Waals surface area contributed by atoms with Gasteiger partial charge in [-0.15, -0.1) is 6.58 Å². The summed E-state index contributed by atoms with van der Waals surface area (Å²) >= 11 is 0. The minimum absolute atomic E-state index is 0.0993. The highest BCUT2D eigenvalue weighted by molar-refractivity contribution is 5.74. The molecule has 1 aromatic carbocycles. The van der Waals surface area contributed by atoms with E-state index in [9.17, 15) is 14.7 Å². The average Bonchev–Trinajstić information content (AvgIpc) is 3.22. The number of fused-ring (bicyclic) bond motifs is 1. The van der Waals surface area contributed by atoms with E-state index in [-0.39, 0.29) is 13.2 Å². The molecule has 0 amide bonds. The van der Waals surface area contributed by atoms with Crippen LogP contribution in [0.3, 0.4) is 0 Å². The van der Waals surface area contributed by atoms with Crippen LogP contribution < -0.4 is 16.1 Å². The summed E-state index contributed by atoms with van der Waals surface area (Å²) in [5.74, 6) is 0.579. The van der Waals surface area contributed by atoms with Crippen LogP contribution in [0, 0.1) is 0 Å². The third-order valence-corrected chi connectivity index (χ3v) is 6.17. The first-order valence-corrected chi connectivity index (χ1v) is 11.4. The second-order valence-corrected chi connectivity index (χ2v) is 8.63. The summed E-state index contributed by atoms with van der Waals surface area (Å²) in [6, 6.07) is 10.3. The first-order valence-electron chi connectivity index (χ1n) is 11.4. The molecule has 1 fully saturated rings. The van der Waals surface area contributed by atoms with Crippen molar-refractivity contribution >= 4 is 17.1 Å². The SMILES string of the molecule is C=CCOCC(O)Cn1c(N2CCN(Cc3ccccc3)CC2)nc2c1c(=O)n(C)c(=O)n2C.